The largest absolute Gasteiger partial charge is 0.383 e. The van der Waals surface area contributed by atoms with Crippen molar-refractivity contribution < 1.29 is 4.74 Å². The van der Waals surface area contributed by atoms with E-state index in [1.165, 1.54) is 12.8 Å². The van der Waals surface area contributed by atoms with Crippen LogP contribution in [-0.4, -0.2) is 31.3 Å². The average molecular weight is 256 g/mol. The molecule has 1 aromatic heterocycles. The Labute approximate surface area is 107 Å². The third-order valence-corrected chi connectivity index (χ3v) is 3.30. The molecule has 0 atom stereocenters. The highest BCUT2D eigenvalue weighted by Crippen LogP contribution is 2.31. The Morgan fingerprint density at radius 3 is 2.94 bits per heavy atom. The number of nitrogens with zero attached hydrogens (tertiary/aromatic N) is 2. The number of hydrogen-bond acceptors (Lipinski definition) is 4. The average Bonchev–Trinajstić information content (AvgIpc) is 3.16. The summed E-state index contributed by atoms with van der Waals surface area (Å²) in [5.74, 6) is 0.953. The Kier molecular flexibility index (Phi) is 4.20. The highest BCUT2D eigenvalue weighted by atomic mass is 35.5. The van der Waals surface area contributed by atoms with Gasteiger partial charge in [-0.1, -0.05) is 11.6 Å². The first-order valence-electron chi connectivity index (χ1n) is 5.86. The van der Waals surface area contributed by atoms with E-state index in [9.17, 15) is 0 Å². The van der Waals surface area contributed by atoms with Crippen molar-refractivity contribution in [1.82, 2.24) is 4.98 Å². The van der Waals surface area contributed by atoms with E-state index in [2.05, 4.69) is 9.88 Å². The number of methoxy groups -OCH3 is 1. The van der Waals surface area contributed by atoms with Crippen LogP contribution < -0.4 is 10.6 Å². The van der Waals surface area contributed by atoms with Gasteiger partial charge in [-0.25, -0.2) is 4.98 Å². The maximum Gasteiger partial charge on any atom is 0.129 e. The molecule has 94 valence electrons. The number of halogens is 1. The lowest BCUT2D eigenvalue weighted by atomic mass is 10.2. The van der Waals surface area contributed by atoms with Gasteiger partial charge in [0.05, 0.1) is 11.6 Å². The number of pyridine rings is 1. The Morgan fingerprint density at radius 2 is 2.35 bits per heavy atom. The van der Waals surface area contributed by atoms with Gasteiger partial charge in [0.1, 0.15) is 5.82 Å². The third-order valence-electron chi connectivity index (χ3n) is 2.96. The SMILES string of the molecule is COCCN(c1cc(CN)c(Cl)cn1)C1CC1. The van der Waals surface area contributed by atoms with E-state index < -0.39 is 0 Å². The van der Waals surface area contributed by atoms with Crippen LogP contribution in [-0.2, 0) is 11.3 Å². The summed E-state index contributed by atoms with van der Waals surface area (Å²) in [6.45, 7) is 2.01. The van der Waals surface area contributed by atoms with E-state index >= 15 is 0 Å². The summed E-state index contributed by atoms with van der Waals surface area (Å²) in [5.41, 5.74) is 6.60. The topological polar surface area (TPSA) is 51.4 Å². The number of ether oxygens (including phenoxy) is 1. The van der Waals surface area contributed by atoms with E-state index in [0.29, 0.717) is 24.2 Å². The van der Waals surface area contributed by atoms with Crippen LogP contribution in [0.4, 0.5) is 5.82 Å². The van der Waals surface area contributed by atoms with Gasteiger partial charge in [-0.15, -0.1) is 0 Å². The number of rotatable bonds is 6. The highest BCUT2D eigenvalue weighted by Gasteiger charge is 2.29. The number of anilines is 1. The van der Waals surface area contributed by atoms with Gasteiger partial charge < -0.3 is 15.4 Å². The minimum absolute atomic E-state index is 0.442. The molecule has 0 bridgehead atoms. The molecule has 2 rings (SSSR count). The van der Waals surface area contributed by atoms with Crippen LogP contribution in [0, 0.1) is 0 Å². The maximum atomic E-state index is 6.01. The summed E-state index contributed by atoms with van der Waals surface area (Å²) in [5, 5.41) is 0.638. The van der Waals surface area contributed by atoms with Crippen LogP contribution in [0.2, 0.25) is 5.02 Å². The predicted octanol–water partition coefficient (Wildman–Crippen LogP) is 1.81. The molecule has 0 spiro atoms. The van der Waals surface area contributed by atoms with Crippen LogP contribution in [0.3, 0.4) is 0 Å². The van der Waals surface area contributed by atoms with Gasteiger partial charge in [0.15, 0.2) is 0 Å². The first-order chi connectivity index (χ1) is 8.26. The molecule has 1 aliphatic carbocycles. The summed E-state index contributed by atoms with van der Waals surface area (Å²) in [6.07, 6.45) is 4.14. The van der Waals surface area contributed by atoms with E-state index in [-0.39, 0.29) is 0 Å². The zero-order chi connectivity index (χ0) is 12.3. The second kappa shape index (κ2) is 5.67. The van der Waals surface area contributed by atoms with Gasteiger partial charge in [-0.3, -0.25) is 0 Å². The molecule has 0 aliphatic heterocycles. The van der Waals surface area contributed by atoms with Crippen molar-refractivity contribution in [2.24, 2.45) is 5.73 Å². The van der Waals surface area contributed by atoms with Gasteiger partial charge in [-0.05, 0) is 24.5 Å². The molecule has 1 aromatic rings. The van der Waals surface area contributed by atoms with Crippen LogP contribution >= 0.6 is 11.6 Å². The first kappa shape index (κ1) is 12.6. The lowest BCUT2D eigenvalue weighted by Crippen LogP contribution is -2.30. The molecule has 1 saturated carbocycles. The van der Waals surface area contributed by atoms with E-state index in [1.54, 1.807) is 13.3 Å². The first-order valence-corrected chi connectivity index (χ1v) is 6.24. The molecule has 1 aliphatic rings. The molecule has 0 aromatic carbocycles. The normalized spacial score (nSPS) is 15.0. The maximum absolute atomic E-state index is 6.01. The molecular weight excluding hydrogens is 238 g/mol. The molecule has 0 saturated heterocycles. The number of nitrogens with two attached hydrogens (primary N) is 1. The summed E-state index contributed by atoms with van der Waals surface area (Å²) in [7, 11) is 1.71. The van der Waals surface area contributed by atoms with Crippen LogP contribution in [0.5, 0.6) is 0 Å². The summed E-state index contributed by atoms with van der Waals surface area (Å²) in [4.78, 5) is 6.66. The highest BCUT2D eigenvalue weighted by molar-refractivity contribution is 6.31. The zero-order valence-electron chi connectivity index (χ0n) is 10.0. The molecule has 2 N–H and O–H groups in total. The third kappa shape index (κ3) is 3.09. The Hall–Kier alpha value is -0.840. The van der Waals surface area contributed by atoms with Crippen molar-refractivity contribution in [3.8, 4) is 0 Å². The van der Waals surface area contributed by atoms with Crippen molar-refractivity contribution >= 4 is 17.4 Å². The molecule has 0 radical (unpaired) electrons. The summed E-state index contributed by atoms with van der Waals surface area (Å²) in [6, 6.07) is 2.58. The van der Waals surface area contributed by atoms with Gasteiger partial charge in [0.25, 0.3) is 0 Å². The Morgan fingerprint density at radius 1 is 1.59 bits per heavy atom. The van der Waals surface area contributed by atoms with Crippen LogP contribution in [0.1, 0.15) is 18.4 Å². The van der Waals surface area contributed by atoms with Crippen LogP contribution in [0.25, 0.3) is 0 Å². The zero-order valence-corrected chi connectivity index (χ0v) is 10.8. The van der Waals surface area contributed by atoms with Crippen molar-refractivity contribution in [3.05, 3.63) is 22.8 Å². The van der Waals surface area contributed by atoms with Crippen LogP contribution in [0.15, 0.2) is 12.3 Å². The second-order valence-electron chi connectivity index (χ2n) is 4.26. The van der Waals surface area contributed by atoms with Gasteiger partial charge in [0.2, 0.25) is 0 Å². The minimum atomic E-state index is 0.442. The fourth-order valence-electron chi connectivity index (χ4n) is 1.84. The van der Waals surface area contributed by atoms with Crippen molar-refractivity contribution in [2.75, 3.05) is 25.2 Å². The molecule has 1 fully saturated rings. The lowest BCUT2D eigenvalue weighted by Gasteiger charge is -2.23. The van der Waals surface area contributed by atoms with E-state index in [4.69, 9.17) is 22.1 Å². The Balaban J connectivity index is 2.16. The standard InChI is InChI=1S/C12H18ClN3O/c1-17-5-4-16(10-2-3-10)12-6-9(7-14)11(13)8-15-12/h6,8,10H,2-5,7,14H2,1H3. The molecule has 0 unspecified atom stereocenters. The number of aromatic nitrogens is 1. The lowest BCUT2D eigenvalue weighted by molar-refractivity contribution is 0.204. The quantitative estimate of drug-likeness (QED) is 0.842. The molecular formula is C12H18ClN3O. The van der Waals surface area contributed by atoms with E-state index in [1.807, 2.05) is 6.07 Å². The molecule has 4 nitrogen and oxygen atoms in total. The van der Waals surface area contributed by atoms with Crippen molar-refractivity contribution in [1.29, 1.82) is 0 Å². The molecule has 5 heteroatoms. The van der Waals surface area contributed by atoms with Gasteiger partial charge in [-0.2, -0.15) is 0 Å². The summed E-state index contributed by atoms with van der Waals surface area (Å²) >= 11 is 6.01. The smallest absolute Gasteiger partial charge is 0.129 e. The fourth-order valence-corrected chi connectivity index (χ4v) is 2.02. The molecule has 1 heterocycles. The second-order valence-corrected chi connectivity index (χ2v) is 4.66. The Bertz CT molecular complexity index is 382. The minimum Gasteiger partial charge on any atom is -0.383 e. The number of hydrogen-bond donors (Lipinski definition) is 1. The van der Waals surface area contributed by atoms with Gasteiger partial charge >= 0.3 is 0 Å². The fraction of sp³-hybridized carbons (Fsp3) is 0.583. The summed E-state index contributed by atoms with van der Waals surface area (Å²) < 4.78 is 5.13. The predicted molar refractivity (Wildman–Crippen MR) is 69.4 cm³/mol. The van der Waals surface area contributed by atoms with Crippen molar-refractivity contribution in [2.45, 2.75) is 25.4 Å². The monoisotopic (exact) mass is 255 g/mol. The van der Waals surface area contributed by atoms with Crippen molar-refractivity contribution in [3.63, 3.8) is 0 Å². The molecule has 17 heavy (non-hydrogen) atoms. The molecule has 0 amide bonds. The van der Waals surface area contributed by atoms with E-state index in [0.717, 1.165) is 17.9 Å². The van der Waals surface area contributed by atoms with Gasteiger partial charge in [0, 0.05) is 32.4 Å².